The first-order chi connectivity index (χ1) is 9.95. The molecule has 0 radical (unpaired) electrons. The quantitative estimate of drug-likeness (QED) is 0.893. The fourth-order valence-corrected chi connectivity index (χ4v) is 3.55. The summed E-state index contributed by atoms with van der Waals surface area (Å²) >= 11 is 0. The highest BCUT2D eigenvalue weighted by Crippen LogP contribution is 2.39. The number of aliphatic hydroxyl groups is 1. The fourth-order valence-electron chi connectivity index (χ4n) is 3.55. The maximum absolute atomic E-state index is 13.6. The molecule has 2 heterocycles. The van der Waals surface area contributed by atoms with Crippen LogP contribution < -0.4 is 0 Å². The van der Waals surface area contributed by atoms with E-state index in [2.05, 4.69) is 4.90 Å². The van der Waals surface area contributed by atoms with Crippen molar-refractivity contribution in [2.24, 2.45) is 5.92 Å². The second kappa shape index (κ2) is 5.07. The van der Waals surface area contributed by atoms with Crippen molar-refractivity contribution in [3.63, 3.8) is 0 Å². The molecule has 1 atom stereocenters. The molecular weight excluding hydrogens is 271 g/mol. The van der Waals surface area contributed by atoms with E-state index < -0.39 is 0 Å². The number of amides is 1. The first-order valence-corrected chi connectivity index (χ1v) is 7.33. The Bertz CT molecular complexity index is 569. The van der Waals surface area contributed by atoms with E-state index in [0.717, 1.165) is 13.0 Å². The monoisotopic (exact) mass is 292 g/mol. The van der Waals surface area contributed by atoms with Gasteiger partial charge in [0.15, 0.2) is 0 Å². The van der Waals surface area contributed by atoms with Crippen LogP contribution in [0.2, 0.25) is 0 Å². The molecule has 0 aliphatic carbocycles. The molecule has 1 N–H and O–H groups in total. The summed E-state index contributed by atoms with van der Waals surface area (Å²) < 4.78 is 13.6. The fraction of sp³-hybridized carbons (Fsp3) is 0.562. The van der Waals surface area contributed by atoms with Crippen molar-refractivity contribution in [1.29, 1.82) is 0 Å². The van der Waals surface area contributed by atoms with Gasteiger partial charge in [0.2, 0.25) is 0 Å². The summed E-state index contributed by atoms with van der Waals surface area (Å²) in [4.78, 5) is 16.4. The van der Waals surface area contributed by atoms with Crippen molar-refractivity contribution in [1.82, 2.24) is 9.80 Å². The number of halogens is 1. The lowest BCUT2D eigenvalue weighted by Gasteiger charge is -2.52. The number of carbonyl (C=O) groups excluding carboxylic acids is 1. The predicted molar refractivity (Wildman–Crippen MR) is 77.6 cm³/mol. The van der Waals surface area contributed by atoms with Gasteiger partial charge in [-0.05, 0) is 44.0 Å². The van der Waals surface area contributed by atoms with Gasteiger partial charge in [0.05, 0.1) is 5.54 Å². The Morgan fingerprint density at radius 2 is 2.19 bits per heavy atom. The maximum atomic E-state index is 13.6. The van der Waals surface area contributed by atoms with Gasteiger partial charge in [-0.25, -0.2) is 4.39 Å². The van der Waals surface area contributed by atoms with Crippen LogP contribution in [-0.2, 0) is 0 Å². The number of likely N-dealkylation sites (N-methyl/N-ethyl adjacent to an activating group) is 1. The predicted octanol–water partition coefficient (Wildman–Crippen LogP) is 1.27. The average molecular weight is 292 g/mol. The van der Waals surface area contributed by atoms with Crippen LogP contribution in [0.4, 0.5) is 4.39 Å². The lowest BCUT2D eigenvalue weighted by atomic mass is 9.84. The van der Waals surface area contributed by atoms with Gasteiger partial charge in [0.1, 0.15) is 5.82 Å². The minimum Gasteiger partial charge on any atom is -0.396 e. The van der Waals surface area contributed by atoms with Gasteiger partial charge in [-0.1, -0.05) is 6.07 Å². The molecule has 21 heavy (non-hydrogen) atoms. The number of nitrogens with zero attached hydrogens (tertiary/aromatic N) is 2. The molecule has 0 bridgehead atoms. The number of likely N-dealkylation sites (tertiary alicyclic amines) is 2. The molecule has 1 aromatic carbocycles. The largest absolute Gasteiger partial charge is 0.396 e. The molecule has 3 rings (SSSR count). The summed E-state index contributed by atoms with van der Waals surface area (Å²) in [6, 6.07) is 4.64. The summed E-state index contributed by atoms with van der Waals surface area (Å²) in [6.45, 7) is 4.08. The standard InChI is InChI=1S/C16H21FN2O2/c1-11-3-4-13(5-14(11)17)15(21)19-9-16(10-19)6-12(8-20)7-18(16)2/h3-5,12,20H,6-10H2,1-2H3. The molecule has 0 saturated carbocycles. The number of carbonyl (C=O) groups is 1. The normalized spacial score (nSPS) is 24.4. The van der Waals surface area contributed by atoms with Gasteiger partial charge in [0, 0.05) is 31.8 Å². The Morgan fingerprint density at radius 3 is 2.76 bits per heavy atom. The van der Waals surface area contributed by atoms with Crippen molar-refractivity contribution in [2.75, 3.05) is 33.3 Å². The van der Waals surface area contributed by atoms with Crippen LogP contribution in [0.15, 0.2) is 18.2 Å². The van der Waals surface area contributed by atoms with Crippen LogP contribution in [0.25, 0.3) is 0 Å². The van der Waals surface area contributed by atoms with Crippen molar-refractivity contribution in [2.45, 2.75) is 18.9 Å². The van der Waals surface area contributed by atoms with E-state index in [1.54, 1.807) is 24.0 Å². The molecule has 2 aliphatic heterocycles. The van der Waals surface area contributed by atoms with Gasteiger partial charge >= 0.3 is 0 Å². The topological polar surface area (TPSA) is 43.8 Å². The molecule has 4 nitrogen and oxygen atoms in total. The highest BCUT2D eigenvalue weighted by atomic mass is 19.1. The van der Waals surface area contributed by atoms with Crippen LogP contribution in [0.1, 0.15) is 22.3 Å². The smallest absolute Gasteiger partial charge is 0.254 e. The van der Waals surface area contributed by atoms with Crippen molar-refractivity contribution in [3.05, 3.63) is 35.1 Å². The van der Waals surface area contributed by atoms with Crippen molar-refractivity contribution in [3.8, 4) is 0 Å². The zero-order chi connectivity index (χ0) is 15.2. The minimum atomic E-state index is -0.339. The third-order valence-electron chi connectivity index (χ3n) is 4.95. The van der Waals surface area contributed by atoms with Crippen LogP contribution >= 0.6 is 0 Å². The zero-order valence-electron chi connectivity index (χ0n) is 12.5. The average Bonchev–Trinajstić information content (AvgIpc) is 2.76. The Kier molecular flexibility index (Phi) is 3.50. The second-order valence-electron chi connectivity index (χ2n) is 6.48. The van der Waals surface area contributed by atoms with E-state index in [0.29, 0.717) is 30.1 Å². The third-order valence-corrected chi connectivity index (χ3v) is 4.95. The van der Waals surface area contributed by atoms with E-state index in [1.807, 2.05) is 7.05 Å². The van der Waals surface area contributed by atoms with E-state index >= 15 is 0 Å². The summed E-state index contributed by atoms with van der Waals surface area (Å²) in [5.74, 6) is -0.154. The molecule has 1 aromatic rings. The first kappa shape index (κ1) is 14.5. The van der Waals surface area contributed by atoms with Gasteiger partial charge < -0.3 is 10.0 Å². The number of aryl methyl sites for hydroxylation is 1. The molecule has 1 spiro atoms. The molecule has 0 aromatic heterocycles. The second-order valence-corrected chi connectivity index (χ2v) is 6.48. The van der Waals surface area contributed by atoms with Gasteiger partial charge in [-0.15, -0.1) is 0 Å². The minimum absolute atomic E-state index is 0.00625. The molecule has 1 amide bonds. The lowest BCUT2D eigenvalue weighted by Crippen LogP contribution is -2.68. The van der Waals surface area contributed by atoms with Crippen molar-refractivity contribution < 1.29 is 14.3 Å². The van der Waals surface area contributed by atoms with E-state index in [9.17, 15) is 14.3 Å². The van der Waals surface area contributed by atoms with Crippen LogP contribution in [0.3, 0.4) is 0 Å². The number of rotatable bonds is 2. The summed E-state index contributed by atoms with van der Waals surface area (Å²) in [7, 11) is 2.04. The lowest BCUT2D eigenvalue weighted by molar-refractivity contribution is -0.00776. The van der Waals surface area contributed by atoms with Gasteiger partial charge in [-0.3, -0.25) is 9.69 Å². The molecule has 5 heteroatoms. The van der Waals surface area contributed by atoms with Crippen LogP contribution in [0, 0.1) is 18.7 Å². The SMILES string of the molecule is Cc1ccc(C(=O)N2CC3(CC(CO)CN3C)C2)cc1F. The number of aliphatic hydroxyl groups excluding tert-OH is 1. The highest BCUT2D eigenvalue weighted by molar-refractivity contribution is 5.95. The van der Waals surface area contributed by atoms with Gasteiger partial charge in [0.25, 0.3) is 5.91 Å². The Balaban J connectivity index is 1.68. The van der Waals surface area contributed by atoms with Gasteiger partial charge in [-0.2, -0.15) is 0 Å². The van der Waals surface area contributed by atoms with Crippen LogP contribution in [-0.4, -0.2) is 59.6 Å². The Hall–Kier alpha value is -1.46. The Labute approximate surface area is 124 Å². The Morgan fingerprint density at radius 1 is 1.48 bits per heavy atom. The number of hydrogen-bond acceptors (Lipinski definition) is 3. The van der Waals surface area contributed by atoms with E-state index in [4.69, 9.17) is 0 Å². The summed E-state index contributed by atoms with van der Waals surface area (Å²) in [6.07, 6.45) is 0.923. The summed E-state index contributed by atoms with van der Waals surface area (Å²) in [5.41, 5.74) is 0.965. The third kappa shape index (κ3) is 2.34. The molecule has 114 valence electrons. The molecule has 2 saturated heterocycles. The van der Waals surface area contributed by atoms with E-state index in [1.165, 1.54) is 6.07 Å². The maximum Gasteiger partial charge on any atom is 0.254 e. The number of benzene rings is 1. The van der Waals surface area contributed by atoms with Crippen LogP contribution in [0.5, 0.6) is 0 Å². The summed E-state index contributed by atoms with van der Waals surface area (Å²) in [5, 5.41) is 9.30. The highest BCUT2D eigenvalue weighted by Gasteiger charge is 2.52. The van der Waals surface area contributed by atoms with Crippen molar-refractivity contribution >= 4 is 5.91 Å². The molecule has 1 unspecified atom stereocenters. The number of hydrogen-bond donors (Lipinski definition) is 1. The first-order valence-electron chi connectivity index (χ1n) is 7.33. The molecule has 2 fully saturated rings. The van der Waals surface area contributed by atoms with E-state index in [-0.39, 0.29) is 23.9 Å². The zero-order valence-corrected chi connectivity index (χ0v) is 12.5. The molecular formula is C16H21FN2O2. The molecule has 2 aliphatic rings.